The summed E-state index contributed by atoms with van der Waals surface area (Å²) in [6.45, 7) is 0. The first-order valence-electron chi connectivity index (χ1n) is 21.0. The van der Waals surface area contributed by atoms with Crippen molar-refractivity contribution >= 4 is 51.5 Å². The molecule has 63 heavy (non-hydrogen) atoms. The maximum absolute atomic E-state index is 9.11. The molecule has 1 unspecified atom stereocenters. The van der Waals surface area contributed by atoms with Gasteiger partial charge in [-0.05, 0) is 83.9 Å². The van der Waals surface area contributed by atoms with Gasteiger partial charge in [0, 0.05) is 40.3 Å². The highest BCUT2D eigenvalue weighted by Gasteiger charge is 2.24. The summed E-state index contributed by atoms with van der Waals surface area (Å²) in [7, 11) is 0. The molecule has 10 rings (SSSR count). The van der Waals surface area contributed by atoms with Gasteiger partial charge >= 0.3 is 0 Å². The zero-order valence-corrected chi connectivity index (χ0v) is 34.4. The van der Waals surface area contributed by atoms with Crippen LogP contribution in [0.4, 0.5) is 45.8 Å². The summed E-state index contributed by atoms with van der Waals surface area (Å²) in [5, 5.41) is 21.2. The maximum Gasteiger partial charge on any atom is 0.235 e. The lowest BCUT2D eigenvalue weighted by Gasteiger charge is -2.31. The van der Waals surface area contributed by atoms with Gasteiger partial charge in [-0.3, -0.25) is 4.90 Å². The van der Waals surface area contributed by atoms with E-state index in [0.717, 1.165) is 73.5 Å². The number of aromatic nitrogens is 2. The van der Waals surface area contributed by atoms with Gasteiger partial charge in [-0.2, -0.15) is 5.11 Å². The molecule has 2 heterocycles. The van der Waals surface area contributed by atoms with Gasteiger partial charge < -0.3 is 10.3 Å². The number of benzene rings is 8. The van der Waals surface area contributed by atoms with E-state index in [1.807, 2.05) is 108 Å². The van der Waals surface area contributed by atoms with Crippen LogP contribution in [0.5, 0.6) is 0 Å². The van der Waals surface area contributed by atoms with Crippen molar-refractivity contribution in [3.05, 3.63) is 242 Å². The highest BCUT2D eigenvalue weighted by Crippen LogP contribution is 2.44. The summed E-state index contributed by atoms with van der Waals surface area (Å²) in [6.07, 6.45) is 0.370. The molecule has 1 aliphatic rings. The number of nitrogens with one attached hydrogen (secondary N) is 1. The fourth-order valence-electron chi connectivity index (χ4n) is 7.97. The number of anilines is 8. The van der Waals surface area contributed by atoms with Crippen molar-refractivity contribution in [3.63, 3.8) is 0 Å². The fraction of sp³-hybridized carbons (Fsp3) is 0.0364. The molecule has 1 aromatic heterocycles. The Morgan fingerprint density at radius 3 is 1.37 bits per heavy atom. The van der Waals surface area contributed by atoms with E-state index in [0.29, 0.717) is 18.1 Å². The lowest BCUT2D eigenvalue weighted by atomic mass is 9.98. The topological polar surface area (TPSA) is 84.1 Å². The summed E-state index contributed by atoms with van der Waals surface area (Å²) >= 11 is 0. The number of nitrogens with zero attached hydrogens (tertiary/aromatic N) is 7. The molecule has 9 aromatic rings. The molecular weight excluding hydrogens is 773 g/mol. The Morgan fingerprint density at radius 2 is 0.841 bits per heavy atom. The largest absolute Gasteiger partial charge is 0.310 e. The normalized spacial score (nSPS) is 12.7. The van der Waals surface area contributed by atoms with Gasteiger partial charge in [0.2, 0.25) is 5.95 Å². The van der Waals surface area contributed by atoms with E-state index < -0.39 is 6.04 Å². The van der Waals surface area contributed by atoms with Crippen molar-refractivity contribution in [2.45, 2.75) is 12.5 Å². The minimum Gasteiger partial charge on any atom is -0.310 e. The van der Waals surface area contributed by atoms with Crippen molar-refractivity contribution in [1.82, 2.24) is 9.97 Å². The third kappa shape index (κ3) is 8.34. The summed E-state index contributed by atoms with van der Waals surface area (Å²) in [6, 6.07) is 77.6. The Kier molecular flexibility index (Phi) is 10.8. The van der Waals surface area contributed by atoms with Crippen molar-refractivity contribution in [2.24, 2.45) is 10.3 Å². The standard InChI is InChI=1S/C55H42N8/c56-51(40-19-6-1-7-20-40)38-54(43-25-12-4-13-26-43)59-60-63-49-33-17-30-46(36-49)61(44-27-14-5-15-28-44)45-29-16-31-47(35-45)62(48-32-18-34-50(63)37-48)55-57-52(41-21-8-2-9-22-41)39-53(58-55)42-23-10-3-11-24-42/h1-37,39,54,56H,38H2. The molecule has 302 valence electrons. The molecule has 1 N–H and O–H groups in total. The summed E-state index contributed by atoms with van der Waals surface area (Å²) < 4.78 is 0. The second kappa shape index (κ2) is 17.6. The van der Waals surface area contributed by atoms with Crippen LogP contribution >= 0.6 is 0 Å². The number of hydrogen-bond acceptors (Lipinski definition) is 7. The van der Waals surface area contributed by atoms with Gasteiger partial charge in [0.1, 0.15) is 6.04 Å². The average molecular weight is 815 g/mol. The molecule has 0 aliphatic carbocycles. The molecule has 1 aliphatic heterocycles. The van der Waals surface area contributed by atoms with Crippen molar-refractivity contribution in [1.29, 1.82) is 5.41 Å². The van der Waals surface area contributed by atoms with Crippen molar-refractivity contribution in [2.75, 3.05) is 14.8 Å². The number of hydrogen-bond donors (Lipinski definition) is 1. The molecule has 0 spiro atoms. The Morgan fingerprint density at radius 1 is 0.429 bits per heavy atom. The molecule has 0 amide bonds. The minimum atomic E-state index is -0.422. The quantitative estimate of drug-likeness (QED) is 0.110. The molecule has 8 heteroatoms. The van der Waals surface area contributed by atoms with E-state index in [2.05, 4.69) is 137 Å². The lowest BCUT2D eigenvalue weighted by Crippen LogP contribution is -2.18. The van der Waals surface area contributed by atoms with Crippen LogP contribution in [-0.4, -0.2) is 15.7 Å². The highest BCUT2D eigenvalue weighted by atomic mass is 15.5. The molecule has 8 aromatic carbocycles. The molecule has 1 atom stereocenters. The first-order chi connectivity index (χ1) is 31.1. The summed E-state index contributed by atoms with van der Waals surface area (Å²) in [5.41, 5.74) is 12.1. The van der Waals surface area contributed by atoms with Crippen LogP contribution in [0.3, 0.4) is 0 Å². The second-order valence-corrected chi connectivity index (χ2v) is 15.2. The lowest BCUT2D eigenvalue weighted by molar-refractivity contribution is 0.688. The monoisotopic (exact) mass is 814 g/mol. The van der Waals surface area contributed by atoms with Gasteiger partial charge in [0.15, 0.2) is 0 Å². The Bertz CT molecular complexity index is 2960. The third-order valence-electron chi connectivity index (χ3n) is 11.1. The van der Waals surface area contributed by atoms with Crippen LogP contribution in [0.1, 0.15) is 23.6 Å². The molecule has 6 bridgehead atoms. The van der Waals surface area contributed by atoms with Gasteiger partial charge in [-0.25, -0.2) is 15.0 Å². The van der Waals surface area contributed by atoms with E-state index in [-0.39, 0.29) is 0 Å². The first-order valence-corrected chi connectivity index (χ1v) is 21.0. The average Bonchev–Trinajstić information content (AvgIpc) is 3.35. The third-order valence-corrected chi connectivity index (χ3v) is 11.1. The Hall–Kier alpha value is -8.49. The van der Waals surface area contributed by atoms with Crippen LogP contribution in [0, 0.1) is 5.41 Å². The summed E-state index contributed by atoms with van der Waals surface area (Å²) in [4.78, 5) is 15.0. The minimum absolute atomic E-state index is 0.370. The zero-order valence-electron chi connectivity index (χ0n) is 34.4. The van der Waals surface area contributed by atoms with E-state index in [1.165, 1.54) is 0 Å². The molecule has 0 fully saturated rings. The smallest absolute Gasteiger partial charge is 0.235 e. The van der Waals surface area contributed by atoms with Crippen LogP contribution in [0.2, 0.25) is 0 Å². The van der Waals surface area contributed by atoms with Gasteiger partial charge in [0.05, 0.1) is 34.1 Å². The van der Waals surface area contributed by atoms with Gasteiger partial charge in [-0.15, -0.1) is 0 Å². The van der Waals surface area contributed by atoms with Crippen LogP contribution in [-0.2, 0) is 0 Å². The number of para-hydroxylation sites is 1. The number of fused-ring (bicyclic) bond motifs is 6. The second-order valence-electron chi connectivity index (χ2n) is 15.2. The Balaban J connectivity index is 1.18. The van der Waals surface area contributed by atoms with Gasteiger partial charge in [0.25, 0.3) is 0 Å². The molecule has 0 saturated carbocycles. The predicted octanol–water partition coefficient (Wildman–Crippen LogP) is 14.8. The Labute approximate surface area is 367 Å². The molecular formula is C55H42N8. The van der Waals surface area contributed by atoms with Crippen molar-refractivity contribution < 1.29 is 0 Å². The fourth-order valence-corrected chi connectivity index (χ4v) is 7.97. The van der Waals surface area contributed by atoms with E-state index in [4.69, 9.17) is 25.7 Å². The van der Waals surface area contributed by atoms with E-state index >= 15 is 0 Å². The molecule has 0 saturated heterocycles. The van der Waals surface area contributed by atoms with Gasteiger partial charge in [-0.1, -0.05) is 163 Å². The first kappa shape index (κ1) is 38.7. The maximum atomic E-state index is 9.11. The highest BCUT2D eigenvalue weighted by molar-refractivity contribution is 5.98. The summed E-state index contributed by atoms with van der Waals surface area (Å²) in [5.74, 6) is 0.517. The number of rotatable bonds is 10. The SMILES string of the molecule is N=C(CC(N=NN1c2cccc(c2)N(c2ccccc2)c2cccc(c2)N(c2nc(-c3ccccc3)cc(-c3ccccc3)n2)c2cccc1c2)c1ccccc1)c1ccccc1. The van der Waals surface area contributed by atoms with Crippen molar-refractivity contribution in [3.8, 4) is 22.5 Å². The van der Waals surface area contributed by atoms with Crippen LogP contribution in [0.25, 0.3) is 22.5 Å². The van der Waals surface area contributed by atoms with Crippen LogP contribution < -0.4 is 14.8 Å². The van der Waals surface area contributed by atoms with Crippen LogP contribution in [0.15, 0.2) is 241 Å². The molecule has 0 radical (unpaired) electrons. The predicted molar refractivity (Wildman–Crippen MR) is 256 cm³/mol. The van der Waals surface area contributed by atoms with E-state index in [1.54, 1.807) is 0 Å². The van der Waals surface area contributed by atoms with E-state index in [9.17, 15) is 0 Å². The molecule has 8 nitrogen and oxygen atoms in total. The zero-order chi connectivity index (χ0) is 42.4.